The SMILES string of the molecule is COc1cc2oc(-c3ccc(O)cc3)c(OC3(C4OC(CO)C(O)C(O)C4O)OC(CO)C(O)C(O)C3O)c(=O)c2c(O)c1OC. The molecule has 0 radical (unpaired) electrons. The molecule has 2 saturated heterocycles. The number of ether oxygens (including phenoxy) is 5. The standard InChI is InChI=1S/C29H34O17/c1-41-13-7-12-16(19(35)25(13)42-2)20(36)26(24(43-12)10-3-5-11(32)6-4-10)46-29(27(40)22(38)18(34)15(9-31)45-29)28-23(39)21(37)17(33)14(8-30)44-28/h3-7,14-15,17-18,21-23,27-28,30-35,37-40H,8-9H2,1-2H3. The van der Waals surface area contributed by atoms with Crippen LogP contribution < -0.4 is 19.6 Å². The fourth-order valence-electron chi connectivity index (χ4n) is 5.66. The van der Waals surface area contributed by atoms with Gasteiger partial charge in [0.25, 0.3) is 5.79 Å². The molecule has 2 fully saturated rings. The van der Waals surface area contributed by atoms with Gasteiger partial charge in [-0.2, -0.15) is 0 Å². The van der Waals surface area contributed by atoms with Gasteiger partial charge in [-0.1, -0.05) is 0 Å². The zero-order chi connectivity index (χ0) is 33.7. The van der Waals surface area contributed by atoms with Gasteiger partial charge in [-0.3, -0.25) is 4.79 Å². The molecule has 2 aliphatic heterocycles. The van der Waals surface area contributed by atoms with Gasteiger partial charge in [0, 0.05) is 11.6 Å². The number of aliphatic hydroxyl groups excluding tert-OH is 8. The monoisotopic (exact) mass is 654 g/mol. The third kappa shape index (κ3) is 5.29. The molecule has 0 aliphatic carbocycles. The normalized spacial score (nSPS) is 33.1. The van der Waals surface area contributed by atoms with Crippen LogP contribution in [0.1, 0.15) is 0 Å². The minimum atomic E-state index is -3.01. The lowest BCUT2D eigenvalue weighted by atomic mass is 9.83. The van der Waals surface area contributed by atoms with Gasteiger partial charge in [-0.15, -0.1) is 0 Å². The van der Waals surface area contributed by atoms with E-state index < -0.39 is 102 Å². The summed E-state index contributed by atoms with van der Waals surface area (Å²) in [5.74, 6) is -5.55. The number of fused-ring (bicyclic) bond motifs is 1. The molecule has 0 spiro atoms. The Hall–Kier alpha value is -3.75. The molecule has 10 N–H and O–H groups in total. The zero-order valence-corrected chi connectivity index (χ0v) is 24.3. The Morgan fingerprint density at radius 1 is 0.804 bits per heavy atom. The van der Waals surface area contributed by atoms with Crippen molar-refractivity contribution < 1.29 is 79.2 Å². The zero-order valence-electron chi connectivity index (χ0n) is 24.3. The smallest absolute Gasteiger partial charge is 0.269 e. The summed E-state index contributed by atoms with van der Waals surface area (Å²) in [6.45, 7) is -1.95. The first-order valence-corrected chi connectivity index (χ1v) is 13.9. The molecule has 0 bridgehead atoms. The Labute approximate surface area is 259 Å². The maximum Gasteiger partial charge on any atom is 0.269 e. The molecule has 10 unspecified atom stereocenters. The van der Waals surface area contributed by atoms with Crippen molar-refractivity contribution in [3.05, 3.63) is 40.6 Å². The van der Waals surface area contributed by atoms with Gasteiger partial charge >= 0.3 is 0 Å². The van der Waals surface area contributed by atoms with Gasteiger partial charge in [0.15, 0.2) is 29.5 Å². The molecular weight excluding hydrogens is 620 g/mol. The van der Waals surface area contributed by atoms with Crippen LogP contribution in [0.5, 0.6) is 28.7 Å². The fraction of sp³-hybridized carbons (Fsp3) is 0.483. The number of hydrogen-bond acceptors (Lipinski definition) is 17. The van der Waals surface area contributed by atoms with Gasteiger partial charge in [0.05, 0.1) is 27.4 Å². The topological polar surface area (TPSA) is 279 Å². The molecule has 2 aliphatic rings. The van der Waals surface area contributed by atoms with E-state index in [0.717, 1.165) is 0 Å². The van der Waals surface area contributed by atoms with E-state index in [2.05, 4.69) is 0 Å². The second kappa shape index (κ2) is 12.8. The van der Waals surface area contributed by atoms with Crippen LogP contribution in [0.3, 0.4) is 0 Å². The number of aromatic hydroxyl groups is 2. The van der Waals surface area contributed by atoms with Crippen molar-refractivity contribution >= 4 is 11.0 Å². The molecular formula is C29H34O17. The molecule has 252 valence electrons. The number of benzene rings is 2. The van der Waals surface area contributed by atoms with Crippen LogP contribution in [0.15, 0.2) is 39.5 Å². The minimum Gasteiger partial charge on any atom is -0.508 e. The molecule has 2 aromatic carbocycles. The van der Waals surface area contributed by atoms with Crippen LogP contribution in [0.4, 0.5) is 0 Å². The highest BCUT2D eigenvalue weighted by Crippen LogP contribution is 2.46. The van der Waals surface area contributed by atoms with E-state index in [9.17, 15) is 55.9 Å². The van der Waals surface area contributed by atoms with Gasteiger partial charge in [0.2, 0.25) is 16.9 Å². The van der Waals surface area contributed by atoms with Crippen molar-refractivity contribution in [3.8, 4) is 40.1 Å². The quantitative estimate of drug-likeness (QED) is 0.118. The molecule has 0 saturated carbocycles. The molecule has 5 rings (SSSR count). The molecule has 17 heteroatoms. The first-order valence-electron chi connectivity index (χ1n) is 13.9. The average Bonchev–Trinajstić information content (AvgIpc) is 3.05. The molecule has 0 amide bonds. The van der Waals surface area contributed by atoms with Crippen molar-refractivity contribution in [2.24, 2.45) is 0 Å². The van der Waals surface area contributed by atoms with Crippen molar-refractivity contribution in [2.45, 2.75) is 60.7 Å². The second-order valence-electron chi connectivity index (χ2n) is 10.8. The summed E-state index contributed by atoms with van der Waals surface area (Å²) < 4.78 is 33.9. The average molecular weight is 655 g/mol. The maximum atomic E-state index is 14.3. The van der Waals surface area contributed by atoms with Gasteiger partial charge in [-0.05, 0) is 24.3 Å². The van der Waals surface area contributed by atoms with Crippen LogP contribution >= 0.6 is 0 Å². The number of phenols is 2. The Morgan fingerprint density at radius 3 is 2.02 bits per heavy atom. The summed E-state index contributed by atoms with van der Waals surface area (Å²) in [6, 6.07) is 6.30. The van der Waals surface area contributed by atoms with E-state index in [0.29, 0.717) is 0 Å². The Morgan fingerprint density at radius 2 is 1.43 bits per heavy atom. The van der Waals surface area contributed by atoms with Crippen LogP contribution in [0.25, 0.3) is 22.3 Å². The van der Waals surface area contributed by atoms with Gasteiger partial charge < -0.3 is 79.2 Å². The van der Waals surface area contributed by atoms with Crippen molar-refractivity contribution in [2.75, 3.05) is 27.4 Å². The number of methoxy groups -OCH3 is 2. The lowest BCUT2D eigenvalue weighted by Gasteiger charge is -2.54. The maximum absolute atomic E-state index is 14.3. The minimum absolute atomic E-state index is 0.0345. The molecule has 17 nitrogen and oxygen atoms in total. The summed E-state index contributed by atoms with van der Waals surface area (Å²) in [6.07, 6.45) is -18.3. The first kappa shape index (κ1) is 33.6. The van der Waals surface area contributed by atoms with E-state index in [-0.39, 0.29) is 28.4 Å². The molecule has 1 aromatic heterocycles. The summed E-state index contributed by atoms with van der Waals surface area (Å²) in [5, 5.41) is 105. The van der Waals surface area contributed by atoms with Crippen molar-refractivity contribution in [3.63, 3.8) is 0 Å². The third-order valence-corrected chi connectivity index (χ3v) is 8.12. The summed E-state index contributed by atoms with van der Waals surface area (Å²) >= 11 is 0. The van der Waals surface area contributed by atoms with Gasteiger partial charge in [-0.25, -0.2) is 0 Å². The van der Waals surface area contributed by atoms with Gasteiger partial charge in [0.1, 0.15) is 59.4 Å². The number of hydrogen-bond donors (Lipinski definition) is 10. The molecule has 3 heterocycles. The Balaban J connectivity index is 1.83. The van der Waals surface area contributed by atoms with Crippen LogP contribution in [-0.2, 0) is 9.47 Å². The van der Waals surface area contributed by atoms with Crippen LogP contribution in [0, 0.1) is 0 Å². The summed E-state index contributed by atoms with van der Waals surface area (Å²) in [5.41, 5.74) is -1.34. The highest BCUT2D eigenvalue weighted by atomic mass is 16.8. The highest BCUT2D eigenvalue weighted by molar-refractivity contribution is 5.91. The third-order valence-electron chi connectivity index (χ3n) is 8.12. The number of aliphatic hydroxyl groups is 8. The number of rotatable bonds is 8. The van der Waals surface area contributed by atoms with Crippen molar-refractivity contribution in [1.82, 2.24) is 0 Å². The summed E-state index contributed by atoms with van der Waals surface area (Å²) in [7, 11) is 2.46. The predicted molar refractivity (Wildman–Crippen MR) is 151 cm³/mol. The predicted octanol–water partition coefficient (Wildman–Crippen LogP) is -2.72. The summed E-state index contributed by atoms with van der Waals surface area (Å²) in [4.78, 5) is 14.3. The highest BCUT2D eigenvalue weighted by Gasteiger charge is 2.65. The Kier molecular flexibility index (Phi) is 9.35. The Bertz CT molecular complexity index is 1600. The van der Waals surface area contributed by atoms with E-state index in [1.54, 1.807) is 0 Å². The van der Waals surface area contributed by atoms with Crippen molar-refractivity contribution in [1.29, 1.82) is 0 Å². The largest absolute Gasteiger partial charge is 0.508 e. The van der Waals surface area contributed by atoms with E-state index in [1.165, 1.54) is 44.6 Å². The number of phenolic OH excluding ortho intramolecular Hbond substituents is 2. The van der Waals surface area contributed by atoms with E-state index >= 15 is 0 Å². The van der Waals surface area contributed by atoms with E-state index in [4.69, 9.17) is 28.1 Å². The lowest BCUT2D eigenvalue weighted by Crippen LogP contribution is -2.77. The molecule has 10 atom stereocenters. The molecule has 46 heavy (non-hydrogen) atoms. The van der Waals surface area contributed by atoms with Crippen LogP contribution in [0.2, 0.25) is 0 Å². The second-order valence-corrected chi connectivity index (χ2v) is 10.8. The van der Waals surface area contributed by atoms with E-state index in [1.807, 2.05) is 0 Å². The molecule has 3 aromatic rings. The van der Waals surface area contributed by atoms with Crippen LogP contribution in [-0.4, -0.2) is 139 Å². The fourth-order valence-corrected chi connectivity index (χ4v) is 5.66. The first-order chi connectivity index (χ1) is 21.8. The lowest BCUT2D eigenvalue weighted by molar-refractivity contribution is -0.396.